The molecule has 0 saturated carbocycles. The van der Waals surface area contributed by atoms with Crippen LogP contribution < -0.4 is 0 Å². The van der Waals surface area contributed by atoms with Gasteiger partial charge in [-0.25, -0.2) is 4.68 Å². The van der Waals surface area contributed by atoms with Gasteiger partial charge >= 0.3 is 5.97 Å². The second-order valence-electron chi connectivity index (χ2n) is 3.53. The van der Waals surface area contributed by atoms with Crippen LogP contribution in [-0.4, -0.2) is 31.3 Å². The lowest BCUT2D eigenvalue weighted by atomic mass is 9.94. The van der Waals surface area contributed by atoms with E-state index in [0.29, 0.717) is 6.42 Å². The number of aliphatic carboxylic acids is 1. The van der Waals surface area contributed by atoms with Crippen molar-refractivity contribution in [1.29, 1.82) is 0 Å². The van der Waals surface area contributed by atoms with Crippen molar-refractivity contribution in [2.24, 2.45) is 0 Å². The Labute approximate surface area is 80.9 Å². The Bertz CT molecular complexity index is 336. The fourth-order valence-electron chi connectivity index (χ4n) is 1.85. The van der Waals surface area contributed by atoms with E-state index in [0.717, 1.165) is 25.2 Å². The molecule has 76 valence electrons. The minimum atomic E-state index is -0.755. The predicted octanol–water partition coefficient (Wildman–Crippen LogP) is 0.415. The van der Waals surface area contributed by atoms with Crippen LogP contribution in [0.5, 0.6) is 0 Å². The van der Waals surface area contributed by atoms with Gasteiger partial charge in [0.05, 0.1) is 0 Å². The summed E-state index contributed by atoms with van der Waals surface area (Å²) in [4.78, 5) is 10.4. The van der Waals surface area contributed by atoms with E-state index in [9.17, 15) is 4.79 Å². The van der Waals surface area contributed by atoms with Crippen molar-refractivity contribution in [2.45, 2.75) is 38.1 Å². The molecule has 0 amide bonds. The number of aromatic nitrogens is 4. The molecular formula is C8H12N4O2. The zero-order chi connectivity index (χ0) is 9.97. The lowest BCUT2D eigenvalue weighted by Gasteiger charge is -2.19. The molecule has 0 spiro atoms. The van der Waals surface area contributed by atoms with Gasteiger partial charge in [0.2, 0.25) is 0 Å². The van der Waals surface area contributed by atoms with Gasteiger partial charge in [0.1, 0.15) is 0 Å². The highest BCUT2D eigenvalue weighted by Gasteiger charge is 2.23. The average molecular weight is 196 g/mol. The van der Waals surface area contributed by atoms with E-state index in [1.807, 2.05) is 0 Å². The van der Waals surface area contributed by atoms with E-state index >= 15 is 0 Å². The summed E-state index contributed by atoms with van der Waals surface area (Å²) in [5.74, 6) is 0.307. The van der Waals surface area contributed by atoms with Crippen LogP contribution in [0.25, 0.3) is 0 Å². The Morgan fingerprint density at radius 3 is 3.29 bits per heavy atom. The summed E-state index contributed by atoms with van der Waals surface area (Å²) in [6.07, 6.45) is 2.85. The topological polar surface area (TPSA) is 80.9 Å². The number of fused-ring (bicyclic) bond motifs is 1. The predicted molar refractivity (Wildman–Crippen MR) is 46.7 cm³/mol. The molecule has 1 N–H and O–H groups in total. The van der Waals surface area contributed by atoms with E-state index in [-0.39, 0.29) is 12.3 Å². The third-order valence-electron chi connectivity index (χ3n) is 2.55. The lowest BCUT2D eigenvalue weighted by molar-refractivity contribution is -0.137. The number of carboxylic acid groups (broad SMARTS) is 1. The van der Waals surface area contributed by atoms with Gasteiger partial charge in [-0.3, -0.25) is 4.79 Å². The summed E-state index contributed by atoms with van der Waals surface area (Å²) in [6, 6.07) is 0. The maximum Gasteiger partial charge on any atom is 0.303 e. The first-order chi connectivity index (χ1) is 6.77. The van der Waals surface area contributed by atoms with Gasteiger partial charge < -0.3 is 5.11 Å². The molecular weight excluding hydrogens is 184 g/mol. The Balaban J connectivity index is 2.05. The number of aryl methyl sites for hydroxylation is 1. The molecule has 1 aromatic heterocycles. The molecule has 0 aliphatic carbocycles. The fourth-order valence-corrected chi connectivity index (χ4v) is 1.85. The first-order valence-corrected chi connectivity index (χ1v) is 4.75. The number of hydrogen-bond donors (Lipinski definition) is 1. The van der Waals surface area contributed by atoms with Crippen LogP contribution in [0.4, 0.5) is 0 Å². The van der Waals surface area contributed by atoms with Gasteiger partial charge in [-0.05, 0) is 29.7 Å². The molecule has 0 aromatic carbocycles. The number of carboxylic acids is 1. The molecule has 0 bridgehead atoms. The normalized spacial score (nSPS) is 20.4. The fraction of sp³-hybridized carbons (Fsp3) is 0.750. The van der Waals surface area contributed by atoms with E-state index in [4.69, 9.17) is 5.11 Å². The summed E-state index contributed by atoms with van der Waals surface area (Å²) < 4.78 is 1.77. The number of tetrazole rings is 1. The van der Waals surface area contributed by atoms with Crippen molar-refractivity contribution in [3.8, 4) is 0 Å². The number of nitrogens with zero attached hydrogens (tertiary/aromatic N) is 4. The van der Waals surface area contributed by atoms with Gasteiger partial charge in [0.15, 0.2) is 5.82 Å². The monoisotopic (exact) mass is 196 g/mol. The zero-order valence-electron chi connectivity index (χ0n) is 7.76. The van der Waals surface area contributed by atoms with Crippen LogP contribution in [0.15, 0.2) is 0 Å². The summed E-state index contributed by atoms with van der Waals surface area (Å²) in [7, 11) is 0. The highest BCUT2D eigenvalue weighted by Crippen LogP contribution is 2.28. The van der Waals surface area contributed by atoms with Crippen LogP contribution in [-0.2, 0) is 11.3 Å². The number of rotatable bonds is 3. The van der Waals surface area contributed by atoms with E-state index in [2.05, 4.69) is 15.5 Å². The van der Waals surface area contributed by atoms with Crippen molar-refractivity contribution in [2.75, 3.05) is 0 Å². The Morgan fingerprint density at radius 2 is 2.50 bits per heavy atom. The van der Waals surface area contributed by atoms with Crippen LogP contribution in [0, 0.1) is 0 Å². The highest BCUT2D eigenvalue weighted by molar-refractivity contribution is 5.66. The molecule has 14 heavy (non-hydrogen) atoms. The average Bonchev–Trinajstić information content (AvgIpc) is 2.62. The van der Waals surface area contributed by atoms with Gasteiger partial charge in [0, 0.05) is 18.9 Å². The zero-order valence-corrected chi connectivity index (χ0v) is 7.76. The van der Waals surface area contributed by atoms with Crippen LogP contribution >= 0.6 is 0 Å². The minimum Gasteiger partial charge on any atom is -0.481 e. The largest absolute Gasteiger partial charge is 0.481 e. The highest BCUT2D eigenvalue weighted by atomic mass is 16.4. The lowest BCUT2D eigenvalue weighted by Crippen LogP contribution is -2.17. The SMILES string of the molecule is O=C(O)CCC1CCCn2nnnc21. The molecule has 1 unspecified atom stereocenters. The van der Waals surface area contributed by atoms with Crippen molar-refractivity contribution >= 4 is 5.97 Å². The van der Waals surface area contributed by atoms with Gasteiger partial charge in [0.25, 0.3) is 0 Å². The third-order valence-corrected chi connectivity index (χ3v) is 2.55. The van der Waals surface area contributed by atoms with Crippen LogP contribution in [0.3, 0.4) is 0 Å². The summed E-state index contributed by atoms with van der Waals surface area (Å²) >= 11 is 0. The van der Waals surface area contributed by atoms with Crippen molar-refractivity contribution in [3.05, 3.63) is 5.82 Å². The number of carbonyl (C=O) groups is 1. The molecule has 0 saturated heterocycles. The van der Waals surface area contributed by atoms with E-state index < -0.39 is 5.97 Å². The molecule has 2 heterocycles. The third kappa shape index (κ3) is 1.73. The van der Waals surface area contributed by atoms with Crippen molar-refractivity contribution < 1.29 is 9.90 Å². The first-order valence-electron chi connectivity index (χ1n) is 4.75. The standard InChI is InChI=1S/C8H12N4O2/c13-7(14)4-3-6-2-1-5-12-8(6)9-10-11-12/h6H,1-5H2,(H,13,14). The molecule has 1 aromatic rings. The maximum atomic E-state index is 10.4. The summed E-state index contributed by atoms with van der Waals surface area (Å²) in [5, 5.41) is 19.9. The quantitative estimate of drug-likeness (QED) is 0.757. The smallest absolute Gasteiger partial charge is 0.303 e. The Hall–Kier alpha value is -1.46. The molecule has 0 radical (unpaired) electrons. The molecule has 1 atom stereocenters. The Morgan fingerprint density at radius 1 is 1.64 bits per heavy atom. The molecule has 6 nitrogen and oxygen atoms in total. The molecule has 2 rings (SSSR count). The van der Waals surface area contributed by atoms with E-state index in [1.54, 1.807) is 4.68 Å². The van der Waals surface area contributed by atoms with Crippen LogP contribution in [0.2, 0.25) is 0 Å². The van der Waals surface area contributed by atoms with Gasteiger partial charge in [-0.15, -0.1) is 5.10 Å². The second-order valence-corrected chi connectivity index (χ2v) is 3.53. The summed E-state index contributed by atoms with van der Waals surface area (Å²) in [6.45, 7) is 0.853. The Kier molecular flexibility index (Phi) is 2.43. The minimum absolute atomic E-state index is 0.192. The van der Waals surface area contributed by atoms with Gasteiger partial charge in [-0.2, -0.15) is 0 Å². The van der Waals surface area contributed by atoms with Gasteiger partial charge in [-0.1, -0.05) is 0 Å². The molecule has 0 fully saturated rings. The maximum absolute atomic E-state index is 10.4. The number of hydrogen-bond acceptors (Lipinski definition) is 4. The molecule has 1 aliphatic heterocycles. The molecule has 1 aliphatic rings. The summed E-state index contributed by atoms with van der Waals surface area (Å²) in [5.41, 5.74) is 0. The second kappa shape index (κ2) is 3.73. The van der Waals surface area contributed by atoms with Crippen molar-refractivity contribution in [3.63, 3.8) is 0 Å². The first kappa shape index (κ1) is 9.11. The van der Waals surface area contributed by atoms with E-state index in [1.165, 1.54) is 0 Å². The van der Waals surface area contributed by atoms with Crippen LogP contribution in [0.1, 0.15) is 37.4 Å². The molecule has 6 heteroatoms. The van der Waals surface area contributed by atoms with Crippen molar-refractivity contribution in [1.82, 2.24) is 20.2 Å².